The van der Waals surface area contributed by atoms with Gasteiger partial charge in [0.25, 0.3) is 0 Å². The van der Waals surface area contributed by atoms with Crippen molar-refractivity contribution in [2.75, 3.05) is 19.8 Å². The molecule has 0 saturated carbocycles. The SMILES string of the molecule is CCCCCCC/C=C\C/C=C\CCCCCCCCCCCCCCCCCC(=O)NC(COC1OC(CO)C(OC2OC(CO)C(O)C(O)C2O)C(O)C1O)C(O)/C=C/CCCCCCCCCCCC. The van der Waals surface area contributed by atoms with Crippen molar-refractivity contribution in [2.45, 2.75) is 312 Å². The molecule has 73 heavy (non-hydrogen) atoms. The average Bonchev–Trinajstić information content (AvgIpc) is 3.39. The first-order valence-corrected chi connectivity index (χ1v) is 29.7. The summed E-state index contributed by atoms with van der Waals surface area (Å²) < 4.78 is 22.7. The van der Waals surface area contributed by atoms with Gasteiger partial charge in [0.15, 0.2) is 12.6 Å². The van der Waals surface area contributed by atoms with E-state index in [0.29, 0.717) is 6.42 Å². The lowest BCUT2D eigenvalue weighted by Crippen LogP contribution is -2.65. The number of ether oxygens (including phenoxy) is 4. The van der Waals surface area contributed by atoms with E-state index in [2.05, 4.69) is 43.5 Å². The van der Waals surface area contributed by atoms with E-state index in [0.717, 1.165) is 44.9 Å². The Labute approximate surface area is 442 Å². The fraction of sp³-hybridized carbons (Fsp3) is 0.881. The van der Waals surface area contributed by atoms with Gasteiger partial charge in [-0.25, -0.2) is 0 Å². The number of nitrogens with one attached hydrogen (secondary N) is 1. The van der Waals surface area contributed by atoms with E-state index in [1.165, 1.54) is 167 Å². The number of hydrogen-bond donors (Lipinski definition) is 9. The first kappa shape index (κ1) is 67.3. The standard InChI is InChI=1S/C59H109NO13/c1-3-5-7-9-11-13-15-17-18-19-20-21-22-23-24-25-26-27-28-29-30-31-33-35-37-39-41-43-51(64)60-47(48(63)42-40-38-36-34-32-16-14-12-10-8-6-4-2)46-70-58-56(69)54(67)57(50(45-62)72-58)73-59-55(68)53(66)52(65)49(44-61)71-59/h15,17,19-20,40,42,47-50,52-59,61-63,65-69H,3-14,16,18,21-39,41,43-46H2,1-2H3,(H,60,64)/b17-15-,20-19-,42-40+. The van der Waals surface area contributed by atoms with Gasteiger partial charge in [-0.1, -0.05) is 217 Å². The molecule has 14 nitrogen and oxygen atoms in total. The van der Waals surface area contributed by atoms with Gasteiger partial charge in [-0.05, 0) is 51.4 Å². The maximum atomic E-state index is 13.2. The second-order valence-corrected chi connectivity index (χ2v) is 21.1. The van der Waals surface area contributed by atoms with E-state index in [1.807, 2.05) is 6.08 Å². The molecule has 0 radical (unpaired) electrons. The van der Waals surface area contributed by atoms with Gasteiger partial charge in [-0.3, -0.25) is 4.79 Å². The first-order chi connectivity index (χ1) is 35.6. The van der Waals surface area contributed by atoms with Gasteiger partial charge in [0.05, 0.1) is 32.0 Å². The van der Waals surface area contributed by atoms with E-state index in [1.54, 1.807) is 6.08 Å². The minimum Gasteiger partial charge on any atom is -0.394 e. The van der Waals surface area contributed by atoms with Gasteiger partial charge >= 0.3 is 0 Å². The van der Waals surface area contributed by atoms with Crippen molar-refractivity contribution in [3.05, 3.63) is 36.5 Å². The molecule has 2 aliphatic heterocycles. The normalized spacial score (nSPS) is 25.6. The third-order valence-corrected chi connectivity index (χ3v) is 14.6. The molecule has 9 N–H and O–H groups in total. The summed E-state index contributed by atoms with van der Waals surface area (Å²) in [4.78, 5) is 13.2. The van der Waals surface area contributed by atoms with Crippen molar-refractivity contribution in [1.82, 2.24) is 5.32 Å². The number of unbranched alkanes of at least 4 members (excludes halogenated alkanes) is 30. The zero-order valence-corrected chi connectivity index (χ0v) is 45.9. The summed E-state index contributed by atoms with van der Waals surface area (Å²) >= 11 is 0. The number of aliphatic hydroxyl groups excluding tert-OH is 8. The van der Waals surface area contributed by atoms with Crippen LogP contribution in [0.4, 0.5) is 0 Å². The summed E-state index contributed by atoms with van der Waals surface area (Å²) in [5, 5.41) is 86.9. The van der Waals surface area contributed by atoms with Crippen LogP contribution < -0.4 is 5.32 Å². The maximum absolute atomic E-state index is 13.2. The van der Waals surface area contributed by atoms with Crippen LogP contribution in [-0.2, 0) is 23.7 Å². The highest BCUT2D eigenvalue weighted by Crippen LogP contribution is 2.30. The monoisotopic (exact) mass is 1040 g/mol. The minimum absolute atomic E-state index is 0.239. The summed E-state index contributed by atoms with van der Waals surface area (Å²) in [5.74, 6) is -0.239. The Morgan fingerprint density at radius 2 is 0.904 bits per heavy atom. The lowest BCUT2D eigenvalue weighted by Gasteiger charge is -2.46. The number of amides is 1. The fourth-order valence-corrected chi connectivity index (χ4v) is 9.73. The predicted molar refractivity (Wildman–Crippen MR) is 291 cm³/mol. The smallest absolute Gasteiger partial charge is 0.220 e. The van der Waals surface area contributed by atoms with Crippen LogP contribution in [0.2, 0.25) is 0 Å². The zero-order chi connectivity index (χ0) is 53.2. The van der Waals surface area contributed by atoms with Crippen molar-refractivity contribution in [1.29, 1.82) is 0 Å². The molecular weight excluding hydrogens is 931 g/mol. The van der Waals surface area contributed by atoms with Crippen LogP contribution in [0.15, 0.2) is 36.5 Å². The molecule has 2 aliphatic rings. The maximum Gasteiger partial charge on any atom is 0.220 e. The Morgan fingerprint density at radius 1 is 0.493 bits per heavy atom. The Bertz CT molecular complexity index is 1370. The number of aliphatic hydroxyl groups is 8. The summed E-state index contributed by atoms with van der Waals surface area (Å²) in [6.45, 7) is 2.78. The van der Waals surface area contributed by atoms with E-state index >= 15 is 0 Å². The molecule has 0 bridgehead atoms. The molecule has 12 atom stereocenters. The number of rotatable bonds is 47. The van der Waals surface area contributed by atoms with Crippen LogP contribution in [0.5, 0.6) is 0 Å². The molecule has 2 rings (SSSR count). The molecule has 2 fully saturated rings. The Balaban J connectivity index is 1.70. The summed E-state index contributed by atoms with van der Waals surface area (Å²) in [6, 6.07) is -0.912. The molecule has 1 amide bonds. The van der Waals surface area contributed by atoms with Crippen molar-refractivity contribution >= 4 is 5.91 Å². The lowest BCUT2D eigenvalue weighted by atomic mass is 9.97. The first-order valence-electron chi connectivity index (χ1n) is 29.7. The van der Waals surface area contributed by atoms with E-state index in [-0.39, 0.29) is 18.9 Å². The van der Waals surface area contributed by atoms with Gasteiger partial charge in [0, 0.05) is 6.42 Å². The fourth-order valence-electron chi connectivity index (χ4n) is 9.73. The molecule has 12 unspecified atom stereocenters. The molecule has 428 valence electrons. The van der Waals surface area contributed by atoms with E-state index in [4.69, 9.17) is 18.9 Å². The number of hydrogen-bond acceptors (Lipinski definition) is 13. The number of carbonyl (C=O) groups excluding carboxylic acids is 1. The van der Waals surface area contributed by atoms with E-state index < -0.39 is 86.8 Å². The molecule has 0 aromatic rings. The highest BCUT2D eigenvalue weighted by atomic mass is 16.7. The van der Waals surface area contributed by atoms with Gasteiger partial charge in [-0.2, -0.15) is 0 Å². The molecule has 0 aromatic heterocycles. The molecule has 0 aliphatic carbocycles. The van der Waals surface area contributed by atoms with Gasteiger partial charge in [0.2, 0.25) is 5.91 Å². The van der Waals surface area contributed by atoms with Gasteiger partial charge < -0.3 is 65.1 Å². The minimum atomic E-state index is -1.79. The van der Waals surface area contributed by atoms with Crippen LogP contribution in [0.3, 0.4) is 0 Å². The topological polar surface area (TPSA) is 228 Å². The molecule has 2 saturated heterocycles. The Kier molecular flexibility index (Phi) is 41.7. The quantitative estimate of drug-likeness (QED) is 0.0205. The lowest BCUT2D eigenvalue weighted by molar-refractivity contribution is -0.359. The largest absolute Gasteiger partial charge is 0.394 e. The van der Waals surface area contributed by atoms with Gasteiger partial charge in [0.1, 0.15) is 48.8 Å². The number of carbonyl (C=O) groups is 1. The second-order valence-electron chi connectivity index (χ2n) is 21.1. The number of allylic oxidation sites excluding steroid dienone is 5. The average molecular weight is 1040 g/mol. The van der Waals surface area contributed by atoms with Crippen molar-refractivity contribution in [3.8, 4) is 0 Å². The predicted octanol–water partition coefficient (Wildman–Crippen LogP) is 9.83. The van der Waals surface area contributed by atoms with Crippen LogP contribution in [0.25, 0.3) is 0 Å². The zero-order valence-electron chi connectivity index (χ0n) is 45.9. The third kappa shape index (κ3) is 31.3. The molecule has 14 heteroatoms. The highest BCUT2D eigenvalue weighted by molar-refractivity contribution is 5.76. The molecule has 0 aromatic carbocycles. The summed E-state index contributed by atoms with van der Waals surface area (Å²) in [6.07, 6.45) is 37.6. The van der Waals surface area contributed by atoms with Crippen molar-refractivity contribution < 1.29 is 64.6 Å². The van der Waals surface area contributed by atoms with Gasteiger partial charge in [-0.15, -0.1) is 0 Å². The molecule has 0 spiro atoms. The van der Waals surface area contributed by atoms with Crippen LogP contribution in [0, 0.1) is 0 Å². The Morgan fingerprint density at radius 3 is 1.37 bits per heavy atom. The molecule has 2 heterocycles. The third-order valence-electron chi connectivity index (χ3n) is 14.6. The van der Waals surface area contributed by atoms with E-state index in [9.17, 15) is 45.6 Å². The summed E-state index contributed by atoms with van der Waals surface area (Å²) in [5.41, 5.74) is 0. The highest BCUT2D eigenvalue weighted by Gasteiger charge is 2.51. The van der Waals surface area contributed by atoms with Crippen LogP contribution in [0.1, 0.15) is 239 Å². The van der Waals surface area contributed by atoms with Crippen LogP contribution >= 0.6 is 0 Å². The van der Waals surface area contributed by atoms with Crippen molar-refractivity contribution in [2.24, 2.45) is 0 Å². The van der Waals surface area contributed by atoms with Crippen LogP contribution in [-0.4, -0.2) is 140 Å². The second kappa shape index (κ2) is 45.3. The molecular formula is C59H109NO13. The summed E-state index contributed by atoms with van der Waals surface area (Å²) in [7, 11) is 0. The Hall–Kier alpha value is -1.79. The van der Waals surface area contributed by atoms with Crippen molar-refractivity contribution in [3.63, 3.8) is 0 Å².